The Hall–Kier alpha value is -2.81. The lowest BCUT2D eigenvalue weighted by atomic mass is 10.1. The van der Waals surface area contributed by atoms with Gasteiger partial charge >= 0.3 is 11.9 Å². The van der Waals surface area contributed by atoms with Crippen LogP contribution in [0.25, 0.3) is 11.3 Å². The monoisotopic (exact) mass is 481 g/mol. The van der Waals surface area contributed by atoms with E-state index in [1.54, 1.807) is 38.1 Å². The molecule has 0 fully saturated rings. The van der Waals surface area contributed by atoms with Crippen molar-refractivity contribution in [3.8, 4) is 11.3 Å². The van der Waals surface area contributed by atoms with Crippen LogP contribution in [0.1, 0.15) is 43.1 Å². The molecule has 2 aromatic heterocycles. The smallest absolute Gasteiger partial charge is 0.348 e. The Kier molecular flexibility index (Phi) is 7.04. The summed E-state index contributed by atoms with van der Waals surface area (Å²) >= 11 is 13.1. The topological polar surface area (TPSA) is 94.8 Å². The molecule has 10 heteroatoms. The van der Waals surface area contributed by atoms with Gasteiger partial charge in [0.15, 0.2) is 5.76 Å². The number of nitrogens with one attached hydrogen (secondary N) is 1. The Bertz CT molecular complexity index is 1170. The van der Waals surface area contributed by atoms with Gasteiger partial charge < -0.3 is 19.2 Å². The van der Waals surface area contributed by atoms with Crippen LogP contribution >= 0.6 is 34.5 Å². The van der Waals surface area contributed by atoms with Crippen LogP contribution in [0.15, 0.2) is 34.7 Å². The van der Waals surface area contributed by atoms with Crippen molar-refractivity contribution in [1.29, 1.82) is 0 Å². The number of esters is 2. The minimum atomic E-state index is -0.660. The second-order valence-electron chi connectivity index (χ2n) is 6.21. The summed E-state index contributed by atoms with van der Waals surface area (Å²) < 4.78 is 15.5. The van der Waals surface area contributed by atoms with Crippen molar-refractivity contribution in [2.24, 2.45) is 0 Å². The zero-order valence-electron chi connectivity index (χ0n) is 16.7. The number of carbonyl (C=O) groups excluding carboxylic acids is 3. The van der Waals surface area contributed by atoms with Gasteiger partial charge in [0.25, 0.3) is 5.91 Å². The Morgan fingerprint density at radius 1 is 1.13 bits per heavy atom. The van der Waals surface area contributed by atoms with Gasteiger partial charge in [-0.15, -0.1) is 11.3 Å². The molecule has 1 aromatic carbocycles. The molecule has 0 atom stereocenters. The third-order valence-electron chi connectivity index (χ3n) is 4.25. The molecular formula is C21H17Cl2NO6S. The highest BCUT2D eigenvalue weighted by Crippen LogP contribution is 2.35. The normalized spacial score (nSPS) is 10.6. The first-order valence-electron chi connectivity index (χ1n) is 9.02. The van der Waals surface area contributed by atoms with E-state index >= 15 is 0 Å². The molecule has 0 saturated heterocycles. The first-order chi connectivity index (χ1) is 14.8. The molecule has 31 heavy (non-hydrogen) atoms. The number of thiophene rings is 1. The Labute approximate surface area is 191 Å². The number of furan rings is 1. The number of anilines is 1. The van der Waals surface area contributed by atoms with E-state index in [9.17, 15) is 14.4 Å². The summed E-state index contributed by atoms with van der Waals surface area (Å²) in [6, 6.07) is 7.93. The lowest BCUT2D eigenvalue weighted by Crippen LogP contribution is -2.14. The molecular weight excluding hydrogens is 465 g/mol. The number of ether oxygens (including phenoxy) is 2. The summed E-state index contributed by atoms with van der Waals surface area (Å²) in [6.07, 6.45) is 0. The first kappa shape index (κ1) is 22.9. The van der Waals surface area contributed by atoms with Gasteiger partial charge in [0.2, 0.25) is 0 Å². The SMILES string of the molecule is CCOC(=O)c1c(NC(=O)c2ccc(-c3cc(Cl)ccc3Cl)o2)sc(C(=O)OC)c1C. The Balaban J connectivity index is 1.93. The zero-order chi connectivity index (χ0) is 22.7. The van der Waals surface area contributed by atoms with Crippen LogP contribution in [-0.4, -0.2) is 31.6 Å². The number of hydrogen-bond donors (Lipinski definition) is 1. The third kappa shape index (κ3) is 4.76. The summed E-state index contributed by atoms with van der Waals surface area (Å²) in [6.45, 7) is 3.37. The summed E-state index contributed by atoms with van der Waals surface area (Å²) in [4.78, 5) is 37.4. The highest BCUT2D eigenvalue weighted by molar-refractivity contribution is 7.18. The largest absolute Gasteiger partial charge is 0.465 e. The van der Waals surface area contributed by atoms with Crippen molar-refractivity contribution in [3.63, 3.8) is 0 Å². The molecule has 0 aliphatic heterocycles. The summed E-state index contributed by atoms with van der Waals surface area (Å²) in [5.41, 5.74) is 0.974. The van der Waals surface area contributed by atoms with Crippen molar-refractivity contribution in [3.05, 3.63) is 62.1 Å². The lowest BCUT2D eigenvalue weighted by Gasteiger charge is -2.06. The van der Waals surface area contributed by atoms with Crippen LogP contribution < -0.4 is 5.32 Å². The molecule has 162 valence electrons. The predicted octanol–water partition coefficient (Wildman–Crippen LogP) is 5.84. The first-order valence-corrected chi connectivity index (χ1v) is 10.6. The number of rotatable bonds is 6. The van der Waals surface area contributed by atoms with Crippen LogP contribution in [0.4, 0.5) is 5.00 Å². The average molecular weight is 482 g/mol. The van der Waals surface area contributed by atoms with Crippen LogP contribution in [0.5, 0.6) is 0 Å². The van der Waals surface area contributed by atoms with Gasteiger partial charge in [0.1, 0.15) is 15.6 Å². The standard InChI is InChI=1S/C21H17Cl2NO6S/c1-4-29-20(26)16-10(2)17(21(27)28-3)31-19(16)24-18(25)15-8-7-14(30-15)12-9-11(22)5-6-13(12)23/h5-9H,4H2,1-3H3,(H,24,25). The summed E-state index contributed by atoms with van der Waals surface area (Å²) in [7, 11) is 1.23. The van der Waals surface area contributed by atoms with Gasteiger partial charge in [-0.1, -0.05) is 23.2 Å². The number of hydrogen-bond acceptors (Lipinski definition) is 7. The van der Waals surface area contributed by atoms with E-state index in [2.05, 4.69) is 5.32 Å². The van der Waals surface area contributed by atoms with Gasteiger partial charge in [-0.3, -0.25) is 4.79 Å². The van der Waals surface area contributed by atoms with Crippen molar-refractivity contribution >= 4 is 57.4 Å². The fourth-order valence-corrected chi connectivity index (χ4v) is 4.28. The molecule has 7 nitrogen and oxygen atoms in total. The van der Waals surface area contributed by atoms with Crippen LogP contribution in [-0.2, 0) is 9.47 Å². The highest BCUT2D eigenvalue weighted by Gasteiger charge is 2.28. The van der Waals surface area contributed by atoms with Gasteiger partial charge in [-0.2, -0.15) is 0 Å². The van der Waals surface area contributed by atoms with E-state index in [0.717, 1.165) is 11.3 Å². The Morgan fingerprint density at radius 2 is 1.87 bits per heavy atom. The van der Waals surface area contributed by atoms with Crippen LogP contribution in [0, 0.1) is 6.92 Å². The molecule has 0 radical (unpaired) electrons. The maximum Gasteiger partial charge on any atom is 0.348 e. The molecule has 0 aliphatic carbocycles. The van der Waals surface area contributed by atoms with Crippen LogP contribution in [0.3, 0.4) is 0 Å². The quantitative estimate of drug-likeness (QED) is 0.444. The van der Waals surface area contributed by atoms with E-state index < -0.39 is 17.8 Å². The Morgan fingerprint density at radius 3 is 2.55 bits per heavy atom. The number of carbonyl (C=O) groups is 3. The molecule has 1 amide bonds. The number of amides is 1. The third-order valence-corrected chi connectivity index (χ3v) is 6.00. The molecule has 0 bridgehead atoms. The molecule has 3 rings (SSSR count). The molecule has 0 unspecified atom stereocenters. The van der Waals surface area contributed by atoms with Crippen molar-refractivity contribution < 1.29 is 28.3 Å². The zero-order valence-corrected chi connectivity index (χ0v) is 19.0. The fraction of sp³-hybridized carbons (Fsp3) is 0.190. The van der Waals surface area contributed by atoms with E-state index in [1.165, 1.54) is 13.2 Å². The fourth-order valence-electron chi connectivity index (χ4n) is 2.79. The highest BCUT2D eigenvalue weighted by atomic mass is 35.5. The van der Waals surface area contributed by atoms with Gasteiger partial charge in [-0.05, 0) is 49.7 Å². The number of halogens is 2. The summed E-state index contributed by atoms with van der Waals surface area (Å²) in [5, 5.41) is 3.64. The molecule has 2 heterocycles. The van der Waals surface area contributed by atoms with E-state index in [4.69, 9.17) is 37.1 Å². The maximum atomic E-state index is 12.8. The van der Waals surface area contributed by atoms with E-state index in [-0.39, 0.29) is 27.8 Å². The number of benzene rings is 1. The van der Waals surface area contributed by atoms with E-state index in [1.807, 2.05) is 0 Å². The lowest BCUT2D eigenvalue weighted by molar-refractivity contribution is 0.0527. The van der Waals surface area contributed by atoms with Gasteiger partial charge in [0.05, 0.1) is 24.3 Å². The van der Waals surface area contributed by atoms with Gasteiger partial charge in [0, 0.05) is 10.6 Å². The number of methoxy groups -OCH3 is 1. The second kappa shape index (κ2) is 9.55. The molecule has 3 aromatic rings. The molecule has 1 N–H and O–H groups in total. The molecule has 0 spiro atoms. The van der Waals surface area contributed by atoms with Crippen molar-refractivity contribution in [2.45, 2.75) is 13.8 Å². The predicted molar refractivity (Wildman–Crippen MR) is 118 cm³/mol. The second-order valence-corrected chi connectivity index (χ2v) is 8.08. The van der Waals surface area contributed by atoms with Gasteiger partial charge in [-0.25, -0.2) is 9.59 Å². The maximum absolute atomic E-state index is 12.8. The molecule has 0 aliphatic rings. The minimum absolute atomic E-state index is 0.0217. The average Bonchev–Trinajstić information content (AvgIpc) is 3.34. The van der Waals surface area contributed by atoms with E-state index in [0.29, 0.717) is 26.9 Å². The van der Waals surface area contributed by atoms with Crippen molar-refractivity contribution in [1.82, 2.24) is 0 Å². The summed E-state index contributed by atoms with van der Waals surface area (Å²) in [5.74, 6) is -1.57. The van der Waals surface area contributed by atoms with Crippen LogP contribution in [0.2, 0.25) is 10.0 Å². The molecule has 0 saturated carbocycles. The van der Waals surface area contributed by atoms with Crippen molar-refractivity contribution in [2.75, 3.05) is 19.0 Å². The minimum Gasteiger partial charge on any atom is -0.465 e.